The van der Waals surface area contributed by atoms with Crippen LogP contribution in [-0.2, 0) is 16.9 Å². The molecule has 2 aliphatic heterocycles. The molecule has 5 rings (SSSR count). The van der Waals surface area contributed by atoms with Gasteiger partial charge < -0.3 is 14.8 Å². The van der Waals surface area contributed by atoms with E-state index in [2.05, 4.69) is 20.2 Å². The normalized spacial score (nSPS) is 20.1. The fraction of sp³-hybridized carbons (Fsp3) is 0.286. The molecule has 0 amide bonds. The van der Waals surface area contributed by atoms with E-state index in [0.29, 0.717) is 23.2 Å². The second-order valence-corrected chi connectivity index (χ2v) is 10.0. The van der Waals surface area contributed by atoms with Gasteiger partial charge in [-0.1, -0.05) is 0 Å². The van der Waals surface area contributed by atoms with Gasteiger partial charge >= 0.3 is 0 Å². The molecule has 2 aromatic heterocycles. The number of pyridine rings is 1. The molecule has 0 spiro atoms. The highest BCUT2D eigenvalue weighted by Gasteiger charge is 2.38. The summed E-state index contributed by atoms with van der Waals surface area (Å²) < 4.78 is 25.9. The summed E-state index contributed by atoms with van der Waals surface area (Å²) in [5.74, 6) is -0.135. The van der Waals surface area contributed by atoms with Crippen LogP contribution in [0.1, 0.15) is 17.5 Å². The molecule has 30 heavy (non-hydrogen) atoms. The Morgan fingerprint density at radius 3 is 2.77 bits per heavy atom. The Kier molecular flexibility index (Phi) is 4.18. The molecule has 1 atom stereocenters. The second-order valence-electron chi connectivity index (χ2n) is 7.87. The van der Waals surface area contributed by atoms with E-state index in [4.69, 9.17) is 0 Å². The molecule has 2 aromatic rings. The molecule has 9 heteroatoms. The Bertz CT molecular complexity index is 1310. The Morgan fingerprint density at radius 2 is 2.03 bits per heavy atom. The van der Waals surface area contributed by atoms with Crippen molar-refractivity contribution in [1.82, 2.24) is 19.9 Å². The number of hydrogen-bond acceptors (Lipinski definition) is 7. The highest BCUT2D eigenvalue weighted by atomic mass is 32.2. The standard InChI is InChI=1S/C21H21N5O3S/c1-25-6-4-16-14(11-30(2,28)29)7-13-10-26(15-8-22-12-23-9-15)17-3-5-24-20(18(13)17)19(16)21(25)27/h4,6-10,12,17,24H,3,5,11H2,1-2H3. The van der Waals surface area contributed by atoms with Gasteiger partial charge in [0.05, 0.1) is 41.1 Å². The van der Waals surface area contributed by atoms with E-state index in [1.54, 1.807) is 25.6 Å². The molecular formula is C21H21N5O3S. The molecule has 0 fully saturated rings. The largest absolute Gasteiger partial charge is 0.384 e. The predicted octanol–water partition coefficient (Wildman–Crippen LogP) is 1.09. The van der Waals surface area contributed by atoms with Gasteiger partial charge in [0.25, 0.3) is 5.56 Å². The van der Waals surface area contributed by atoms with Crippen molar-refractivity contribution >= 4 is 26.8 Å². The van der Waals surface area contributed by atoms with Crippen LogP contribution in [0.4, 0.5) is 5.69 Å². The van der Waals surface area contributed by atoms with Crippen molar-refractivity contribution in [3.8, 4) is 0 Å². The van der Waals surface area contributed by atoms with Crippen LogP contribution in [-0.4, -0.2) is 47.5 Å². The third kappa shape index (κ3) is 2.97. The molecule has 0 aromatic carbocycles. The number of fused-ring (bicyclic) bond motifs is 2. The van der Waals surface area contributed by atoms with Gasteiger partial charge in [-0.2, -0.15) is 0 Å². The zero-order valence-electron chi connectivity index (χ0n) is 16.7. The number of sulfone groups is 1. The highest BCUT2D eigenvalue weighted by molar-refractivity contribution is 7.91. The molecule has 154 valence electrons. The van der Waals surface area contributed by atoms with Crippen LogP contribution < -0.4 is 15.8 Å². The van der Waals surface area contributed by atoms with Crippen molar-refractivity contribution in [3.05, 3.63) is 75.9 Å². The maximum absolute atomic E-state index is 13.2. The first-order chi connectivity index (χ1) is 14.3. The fourth-order valence-corrected chi connectivity index (χ4v) is 5.29. The van der Waals surface area contributed by atoms with Gasteiger partial charge in [0.1, 0.15) is 6.33 Å². The van der Waals surface area contributed by atoms with Crippen LogP contribution in [0, 0.1) is 0 Å². The molecule has 0 radical (unpaired) electrons. The van der Waals surface area contributed by atoms with Crippen molar-refractivity contribution in [2.45, 2.75) is 12.5 Å². The van der Waals surface area contributed by atoms with Crippen LogP contribution in [0.3, 0.4) is 0 Å². The van der Waals surface area contributed by atoms with Crippen LogP contribution >= 0.6 is 0 Å². The van der Waals surface area contributed by atoms with Crippen LogP contribution in [0.25, 0.3) is 11.3 Å². The van der Waals surface area contributed by atoms with Crippen LogP contribution in [0.5, 0.6) is 0 Å². The van der Waals surface area contributed by atoms with E-state index in [0.717, 1.165) is 29.0 Å². The average Bonchev–Trinajstić information content (AvgIpc) is 3.01. The number of allylic oxidation sites excluding steroid dienone is 1. The summed E-state index contributed by atoms with van der Waals surface area (Å²) in [7, 11) is -1.59. The van der Waals surface area contributed by atoms with Crippen molar-refractivity contribution in [2.24, 2.45) is 7.05 Å². The summed E-state index contributed by atoms with van der Waals surface area (Å²) in [6.07, 6.45) is 12.6. The number of aromatic nitrogens is 3. The Hall–Kier alpha value is -3.20. The van der Waals surface area contributed by atoms with Crippen LogP contribution in [0.15, 0.2) is 59.2 Å². The van der Waals surface area contributed by atoms with Gasteiger partial charge in [0.2, 0.25) is 0 Å². The van der Waals surface area contributed by atoms with E-state index in [-0.39, 0.29) is 17.4 Å². The van der Waals surface area contributed by atoms with E-state index in [1.807, 2.05) is 18.3 Å². The minimum Gasteiger partial charge on any atom is -0.384 e. The molecule has 4 heterocycles. The van der Waals surface area contributed by atoms with Crippen molar-refractivity contribution in [2.75, 3.05) is 23.5 Å². The molecule has 1 aliphatic carbocycles. The lowest BCUT2D eigenvalue weighted by atomic mass is 9.92. The smallest absolute Gasteiger partial charge is 0.260 e. The molecule has 1 unspecified atom stereocenters. The number of anilines is 1. The Labute approximate surface area is 174 Å². The topological polar surface area (TPSA) is 97.2 Å². The highest BCUT2D eigenvalue weighted by Crippen LogP contribution is 2.43. The lowest BCUT2D eigenvalue weighted by Crippen LogP contribution is -2.38. The number of nitrogens with one attached hydrogen (secondary N) is 1. The molecule has 0 saturated carbocycles. The van der Waals surface area contributed by atoms with E-state index < -0.39 is 9.84 Å². The van der Waals surface area contributed by atoms with Gasteiger partial charge in [-0.15, -0.1) is 0 Å². The summed E-state index contributed by atoms with van der Waals surface area (Å²) >= 11 is 0. The van der Waals surface area contributed by atoms with Crippen LogP contribution in [0.2, 0.25) is 0 Å². The predicted molar refractivity (Wildman–Crippen MR) is 115 cm³/mol. The number of nitrogens with zero attached hydrogens (tertiary/aromatic N) is 4. The number of rotatable bonds is 3. The van der Waals surface area contributed by atoms with Crippen molar-refractivity contribution in [3.63, 3.8) is 0 Å². The first kappa shape index (κ1) is 18.8. The molecule has 8 nitrogen and oxygen atoms in total. The first-order valence-electron chi connectivity index (χ1n) is 9.66. The Morgan fingerprint density at radius 1 is 1.27 bits per heavy atom. The third-order valence-electron chi connectivity index (χ3n) is 5.70. The van der Waals surface area contributed by atoms with E-state index in [1.165, 1.54) is 17.2 Å². The number of hydrogen-bond donors (Lipinski definition) is 1. The quantitative estimate of drug-likeness (QED) is 0.789. The molecular weight excluding hydrogens is 402 g/mol. The Balaban J connectivity index is 1.79. The first-order valence-corrected chi connectivity index (χ1v) is 11.7. The maximum atomic E-state index is 13.2. The molecule has 0 saturated heterocycles. The SMILES string of the molecule is Cn1ccc2c(c1=O)C1=C3C(=CN(c4cncnc4)C3CCN1)C=C2CS(C)(=O)=O. The third-order valence-corrected chi connectivity index (χ3v) is 6.54. The van der Waals surface area contributed by atoms with Gasteiger partial charge in [0.15, 0.2) is 9.84 Å². The van der Waals surface area contributed by atoms with E-state index >= 15 is 0 Å². The minimum absolute atomic E-state index is 0.0221. The van der Waals surface area contributed by atoms with Gasteiger partial charge in [-0.25, -0.2) is 18.4 Å². The summed E-state index contributed by atoms with van der Waals surface area (Å²) in [5, 5.41) is 3.43. The van der Waals surface area contributed by atoms with Gasteiger partial charge in [-0.3, -0.25) is 4.79 Å². The maximum Gasteiger partial charge on any atom is 0.260 e. The monoisotopic (exact) mass is 423 g/mol. The number of aryl methyl sites for hydroxylation is 1. The summed E-state index contributed by atoms with van der Waals surface area (Å²) in [6.45, 7) is 0.702. The molecule has 0 bridgehead atoms. The zero-order chi connectivity index (χ0) is 21.0. The van der Waals surface area contributed by atoms with Crippen molar-refractivity contribution < 1.29 is 8.42 Å². The van der Waals surface area contributed by atoms with Crippen molar-refractivity contribution in [1.29, 1.82) is 0 Å². The summed E-state index contributed by atoms with van der Waals surface area (Å²) in [5.41, 5.74) is 5.24. The lowest BCUT2D eigenvalue weighted by Gasteiger charge is -2.32. The summed E-state index contributed by atoms with van der Waals surface area (Å²) in [6, 6.07) is 1.85. The van der Waals surface area contributed by atoms with E-state index in [9.17, 15) is 13.2 Å². The summed E-state index contributed by atoms with van der Waals surface area (Å²) in [4.78, 5) is 23.6. The average molecular weight is 423 g/mol. The second kappa shape index (κ2) is 6.66. The molecule has 1 N–H and O–H groups in total. The molecule has 3 aliphatic rings. The lowest BCUT2D eigenvalue weighted by molar-refractivity contribution is 0.605. The van der Waals surface area contributed by atoms with Gasteiger partial charge in [-0.05, 0) is 35.3 Å². The fourth-order valence-electron chi connectivity index (χ4n) is 4.49. The minimum atomic E-state index is -3.30. The van der Waals surface area contributed by atoms with Gasteiger partial charge in [0, 0.05) is 37.8 Å². The zero-order valence-corrected chi connectivity index (χ0v) is 17.5.